The minimum atomic E-state index is -0.943. The molecule has 4 aliphatic rings. The van der Waals surface area contributed by atoms with Crippen LogP contribution in [0.5, 0.6) is 0 Å². The topological polar surface area (TPSA) is 113 Å². The predicted octanol–water partition coefficient (Wildman–Crippen LogP) is 2.22. The summed E-state index contributed by atoms with van der Waals surface area (Å²) >= 11 is 0. The van der Waals surface area contributed by atoms with E-state index in [-0.39, 0.29) is 35.0 Å². The fourth-order valence-electron chi connectivity index (χ4n) is 8.12. The van der Waals surface area contributed by atoms with Gasteiger partial charge in [0, 0.05) is 38.1 Å². The van der Waals surface area contributed by atoms with Crippen molar-refractivity contribution >= 4 is 5.71 Å². The van der Waals surface area contributed by atoms with Gasteiger partial charge < -0.3 is 34.9 Å². The van der Waals surface area contributed by atoms with Gasteiger partial charge in [-0.15, -0.1) is 0 Å². The third kappa shape index (κ3) is 3.85. The molecule has 3 fully saturated rings. The van der Waals surface area contributed by atoms with E-state index in [0.717, 1.165) is 30.5 Å². The Balaban J connectivity index is 1.67. The van der Waals surface area contributed by atoms with Crippen molar-refractivity contribution < 1.29 is 29.6 Å². The summed E-state index contributed by atoms with van der Waals surface area (Å²) < 4.78 is 10.7. The Morgan fingerprint density at radius 2 is 1.79 bits per heavy atom. The maximum absolute atomic E-state index is 12.4. The molecule has 4 N–H and O–H groups in total. The number of rotatable bonds is 7. The van der Waals surface area contributed by atoms with Crippen LogP contribution in [0, 0.1) is 28.6 Å². The summed E-state index contributed by atoms with van der Waals surface area (Å²) in [4.78, 5) is 5.21. The number of hydrogen-bond acceptors (Lipinski definition) is 8. The number of allylic oxidation sites excluding steroid dienone is 1. The zero-order valence-electron chi connectivity index (χ0n) is 21.6. The monoisotopic (exact) mass is 480 g/mol. The lowest BCUT2D eigenvalue weighted by Crippen LogP contribution is -2.61. The fourth-order valence-corrected chi connectivity index (χ4v) is 8.12. The van der Waals surface area contributed by atoms with Crippen LogP contribution < -0.4 is 5.32 Å². The smallest absolute Gasteiger partial charge is 0.169 e. The van der Waals surface area contributed by atoms with E-state index in [9.17, 15) is 15.3 Å². The summed E-state index contributed by atoms with van der Waals surface area (Å²) in [6.45, 7) is 7.23. The first-order chi connectivity index (χ1) is 16.1. The van der Waals surface area contributed by atoms with Crippen molar-refractivity contribution in [2.45, 2.75) is 89.4 Å². The predicted molar refractivity (Wildman–Crippen MR) is 129 cm³/mol. The number of aliphatic hydroxyl groups excluding tert-OH is 2. The van der Waals surface area contributed by atoms with Gasteiger partial charge in [0.2, 0.25) is 0 Å². The lowest BCUT2D eigenvalue weighted by atomic mass is 9.46. The van der Waals surface area contributed by atoms with Crippen molar-refractivity contribution in [3.05, 3.63) is 11.6 Å². The molecule has 3 saturated carbocycles. The van der Waals surface area contributed by atoms with Crippen molar-refractivity contribution in [1.82, 2.24) is 5.32 Å². The van der Waals surface area contributed by atoms with E-state index in [2.05, 4.69) is 37.3 Å². The number of methoxy groups -OCH3 is 2. The van der Waals surface area contributed by atoms with Gasteiger partial charge in [0.1, 0.15) is 7.11 Å². The van der Waals surface area contributed by atoms with Crippen LogP contribution in [0.1, 0.15) is 59.3 Å². The molecule has 0 saturated heterocycles. The SMILES string of the molecule is CO/N=C1\C=C2C(CC[C@]3(C)[C@@H](C(C)NCC(OC)OC)CC[C@@]23O)[C@@]2(C)C[C@H](O)[C@H](O)C[C@@H]12. The number of hydrogen-bond donors (Lipinski definition) is 4. The third-order valence-electron chi connectivity index (χ3n) is 10.1. The largest absolute Gasteiger partial charge is 0.399 e. The second kappa shape index (κ2) is 9.45. The first kappa shape index (κ1) is 26.0. The van der Waals surface area contributed by atoms with Crippen molar-refractivity contribution in [2.24, 2.45) is 33.7 Å². The zero-order chi connectivity index (χ0) is 24.9. The molecule has 2 unspecified atom stereocenters. The molecule has 0 amide bonds. The molecule has 9 atom stereocenters. The van der Waals surface area contributed by atoms with Gasteiger partial charge in [0.05, 0.1) is 23.5 Å². The van der Waals surface area contributed by atoms with Crippen LogP contribution in [-0.4, -0.2) is 79.0 Å². The quantitative estimate of drug-likeness (QED) is 0.326. The average Bonchev–Trinajstić information content (AvgIpc) is 3.08. The minimum absolute atomic E-state index is 0.00892. The Kier molecular flexibility index (Phi) is 7.24. The lowest BCUT2D eigenvalue weighted by molar-refractivity contribution is -0.123. The molecule has 194 valence electrons. The summed E-state index contributed by atoms with van der Waals surface area (Å²) in [5.74, 6) is 0.424. The van der Waals surface area contributed by atoms with Gasteiger partial charge in [0.15, 0.2) is 6.29 Å². The first-order valence-corrected chi connectivity index (χ1v) is 12.8. The first-order valence-electron chi connectivity index (χ1n) is 12.8. The molecule has 0 spiro atoms. The Bertz CT molecular complexity index is 815. The van der Waals surface area contributed by atoms with Gasteiger partial charge in [0.25, 0.3) is 0 Å². The second-order valence-corrected chi connectivity index (χ2v) is 11.5. The zero-order valence-corrected chi connectivity index (χ0v) is 21.6. The van der Waals surface area contributed by atoms with Crippen LogP contribution in [0.15, 0.2) is 16.8 Å². The van der Waals surface area contributed by atoms with Crippen LogP contribution in [-0.2, 0) is 14.3 Å². The van der Waals surface area contributed by atoms with E-state index >= 15 is 0 Å². The second-order valence-electron chi connectivity index (χ2n) is 11.5. The number of fused-ring (bicyclic) bond motifs is 5. The summed E-state index contributed by atoms with van der Waals surface area (Å²) in [5.41, 5.74) is 0.301. The summed E-state index contributed by atoms with van der Waals surface area (Å²) in [6.07, 6.45) is 4.67. The normalized spacial score (nSPS) is 46.0. The maximum Gasteiger partial charge on any atom is 0.169 e. The Morgan fingerprint density at radius 1 is 1.09 bits per heavy atom. The van der Waals surface area contributed by atoms with Gasteiger partial charge in [-0.1, -0.05) is 19.0 Å². The molecular formula is C26H44N2O6. The number of aliphatic hydroxyl groups is 3. The van der Waals surface area contributed by atoms with E-state index in [1.165, 1.54) is 7.11 Å². The molecule has 0 bridgehead atoms. The van der Waals surface area contributed by atoms with Crippen LogP contribution in [0.4, 0.5) is 0 Å². The molecule has 4 rings (SSSR count). The van der Waals surface area contributed by atoms with E-state index in [4.69, 9.17) is 14.3 Å². The number of nitrogens with zero attached hydrogens (tertiary/aromatic N) is 1. The molecule has 0 aromatic carbocycles. The number of ether oxygens (including phenoxy) is 2. The van der Waals surface area contributed by atoms with E-state index < -0.39 is 17.8 Å². The van der Waals surface area contributed by atoms with Crippen molar-refractivity contribution in [3.8, 4) is 0 Å². The highest BCUT2D eigenvalue weighted by Gasteiger charge is 2.66. The van der Waals surface area contributed by atoms with E-state index in [0.29, 0.717) is 31.7 Å². The average molecular weight is 481 g/mol. The third-order valence-corrected chi connectivity index (χ3v) is 10.1. The molecular weight excluding hydrogens is 436 g/mol. The fraction of sp³-hybridized carbons (Fsp3) is 0.885. The lowest BCUT2D eigenvalue weighted by Gasteiger charge is -2.60. The summed E-state index contributed by atoms with van der Waals surface area (Å²) in [5, 5.41) is 41.4. The van der Waals surface area contributed by atoms with Crippen molar-refractivity contribution in [3.63, 3.8) is 0 Å². The van der Waals surface area contributed by atoms with Gasteiger partial charge in [-0.2, -0.15) is 0 Å². The van der Waals surface area contributed by atoms with Crippen molar-refractivity contribution in [1.29, 1.82) is 0 Å². The number of nitrogens with one attached hydrogen (secondary N) is 1. The molecule has 0 aromatic heterocycles. The summed E-state index contributed by atoms with van der Waals surface area (Å²) in [7, 11) is 4.82. The van der Waals surface area contributed by atoms with Gasteiger partial charge in [-0.05, 0) is 74.3 Å². The van der Waals surface area contributed by atoms with Gasteiger partial charge >= 0.3 is 0 Å². The molecule has 0 aliphatic heterocycles. The Morgan fingerprint density at radius 3 is 2.44 bits per heavy atom. The molecule has 8 heteroatoms. The highest BCUT2D eigenvalue weighted by Crippen LogP contribution is 2.67. The summed E-state index contributed by atoms with van der Waals surface area (Å²) in [6, 6.07) is 0.190. The van der Waals surface area contributed by atoms with Crippen LogP contribution in [0.3, 0.4) is 0 Å². The van der Waals surface area contributed by atoms with Crippen LogP contribution >= 0.6 is 0 Å². The van der Waals surface area contributed by atoms with Crippen molar-refractivity contribution in [2.75, 3.05) is 27.9 Å². The van der Waals surface area contributed by atoms with Gasteiger partial charge in [-0.3, -0.25) is 0 Å². The van der Waals surface area contributed by atoms with Crippen LogP contribution in [0.25, 0.3) is 0 Å². The minimum Gasteiger partial charge on any atom is -0.399 e. The highest BCUT2D eigenvalue weighted by atomic mass is 16.7. The van der Waals surface area contributed by atoms with E-state index in [1.54, 1.807) is 14.2 Å². The standard InChI is InChI=1S/C26H44N2O6/c1-15(27-14-23(32-4)33-5)16-8-10-26(31)18-11-20(28-34-6)19-12-21(29)22(30)13-24(19,2)17(18)7-9-25(16,26)3/h11,15-17,19,21-23,27,29-31H,7-10,12-14H2,1-6H3/b28-20+/t15?,16-,17?,19+,21-,22+,24-,25-,26-/m1/s1. The molecule has 0 aromatic rings. The molecule has 8 nitrogen and oxygen atoms in total. The molecule has 0 heterocycles. The Labute approximate surface area is 203 Å². The maximum atomic E-state index is 12.4. The number of oxime groups is 1. The van der Waals surface area contributed by atoms with Crippen LogP contribution in [0.2, 0.25) is 0 Å². The molecule has 0 radical (unpaired) electrons. The Hall–Kier alpha value is -1.03. The highest BCUT2D eigenvalue weighted by molar-refractivity contribution is 5.99. The molecule has 34 heavy (non-hydrogen) atoms. The molecule has 4 aliphatic carbocycles. The van der Waals surface area contributed by atoms with Gasteiger partial charge in [-0.25, -0.2) is 0 Å². The van der Waals surface area contributed by atoms with E-state index in [1.807, 2.05) is 0 Å².